The fourth-order valence-electron chi connectivity index (χ4n) is 2.64. The Kier molecular flexibility index (Phi) is 5.44. The van der Waals surface area contributed by atoms with E-state index in [1.54, 1.807) is 24.3 Å². The summed E-state index contributed by atoms with van der Waals surface area (Å²) in [7, 11) is 3.01. The normalized spacial score (nSPS) is 11.6. The van der Waals surface area contributed by atoms with E-state index in [-0.39, 0.29) is 5.56 Å². The van der Waals surface area contributed by atoms with Crippen molar-refractivity contribution in [1.29, 1.82) is 0 Å². The number of carbonyl (C=O) groups is 1. The van der Waals surface area contributed by atoms with Crippen LogP contribution in [0.15, 0.2) is 54.0 Å². The van der Waals surface area contributed by atoms with Gasteiger partial charge in [0.2, 0.25) is 0 Å². The van der Waals surface area contributed by atoms with Crippen LogP contribution >= 0.6 is 22.9 Å². The number of hydrogen-bond acceptors (Lipinski definition) is 4. The fourth-order valence-corrected chi connectivity index (χ4v) is 3.96. The SMILES string of the molecule is C=CCn1c(=NC(=O)c2c(OC)cccc2OC)sc2cc(Cl)ccc21. The second-order valence-corrected chi connectivity index (χ2v) is 6.80. The number of ether oxygens (including phenoxy) is 2. The van der Waals surface area contributed by atoms with Gasteiger partial charge in [-0.3, -0.25) is 4.79 Å². The minimum atomic E-state index is -0.435. The zero-order valence-electron chi connectivity index (χ0n) is 14.4. The molecule has 2 aromatic carbocycles. The van der Waals surface area contributed by atoms with Crippen LogP contribution in [0.25, 0.3) is 10.2 Å². The third-order valence-corrected chi connectivity index (χ3v) is 5.07. The first kappa shape index (κ1) is 18.2. The van der Waals surface area contributed by atoms with E-state index in [4.69, 9.17) is 21.1 Å². The van der Waals surface area contributed by atoms with Crippen LogP contribution in [0.2, 0.25) is 5.02 Å². The zero-order valence-corrected chi connectivity index (χ0v) is 15.9. The number of aromatic nitrogens is 1. The van der Waals surface area contributed by atoms with E-state index in [1.807, 2.05) is 22.8 Å². The molecule has 5 nitrogen and oxygen atoms in total. The maximum Gasteiger partial charge on any atom is 0.287 e. The number of thiazole rings is 1. The molecule has 0 aliphatic carbocycles. The smallest absolute Gasteiger partial charge is 0.287 e. The zero-order chi connectivity index (χ0) is 18.7. The van der Waals surface area contributed by atoms with Gasteiger partial charge in [-0.05, 0) is 30.3 Å². The van der Waals surface area contributed by atoms with Crippen molar-refractivity contribution in [1.82, 2.24) is 4.57 Å². The van der Waals surface area contributed by atoms with Crippen molar-refractivity contribution in [2.24, 2.45) is 4.99 Å². The van der Waals surface area contributed by atoms with Gasteiger partial charge in [0.05, 0.1) is 24.4 Å². The van der Waals surface area contributed by atoms with Crippen LogP contribution in [0, 0.1) is 0 Å². The quantitative estimate of drug-likeness (QED) is 0.612. The molecule has 0 N–H and O–H groups in total. The summed E-state index contributed by atoms with van der Waals surface area (Å²) >= 11 is 7.47. The lowest BCUT2D eigenvalue weighted by Gasteiger charge is -2.09. The van der Waals surface area contributed by atoms with E-state index < -0.39 is 5.91 Å². The summed E-state index contributed by atoms with van der Waals surface area (Å²) in [5, 5.41) is 0.633. The average Bonchev–Trinajstić information content (AvgIpc) is 2.97. The molecule has 0 aliphatic rings. The Morgan fingerprint density at radius 1 is 1.27 bits per heavy atom. The molecule has 1 aromatic heterocycles. The van der Waals surface area contributed by atoms with Crippen molar-refractivity contribution in [3.8, 4) is 11.5 Å². The minimum Gasteiger partial charge on any atom is -0.496 e. The van der Waals surface area contributed by atoms with Crippen molar-refractivity contribution >= 4 is 39.1 Å². The molecule has 3 aromatic rings. The second-order valence-electron chi connectivity index (χ2n) is 5.35. The molecule has 3 rings (SSSR count). The molecule has 26 heavy (non-hydrogen) atoms. The summed E-state index contributed by atoms with van der Waals surface area (Å²) in [5.41, 5.74) is 1.23. The lowest BCUT2D eigenvalue weighted by atomic mass is 10.1. The number of amides is 1. The van der Waals surface area contributed by atoms with Crippen LogP contribution in [0.1, 0.15) is 10.4 Å². The number of allylic oxidation sites excluding steroid dienone is 1. The fraction of sp³-hybridized carbons (Fsp3) is 0.158. The van der Waals surface area contributed by atoms with E-state index in [0.29, 0.717) is 27.9 Å². The number of fused-ring (bicyclic) bond motifs is 1. The van der Waals surface area contributed by atoms with Gasteiger partial charge in [-0.2, -0.15) is 4.99 Å². The van der Waals surface area contributed by atoms with Gasteiger partial charge >= 0.3 is 0 Å². The number of halogens is 1. The van der Waals surface area contributed by atoms with Crippen LogP contribution in [-0.4, -0.2) is 24.7 Å². The van der Waals surface area contributed by atoms with Crippen LogP contribution in [0.5, 0.6) is 11.5 Å². The second kappa shape index (κ2) is 7.76. The van der Waals surface area contributed by atoms with Gasteiger partial charge in [0.15, 0.2) is 4.80 Å². The Bertz CT molecular complexity index is 1030. The first-order valence-electron chi connectivity index (χ1n) is 7.79. The van der Waals surface area contributed by atoms with Crippen molar-refractivity contribution in [2.45, 2.75) is 6.54 Å². The summed E-state index contributed by atoms with van der Waals surface area (Å²) in [6.07, 6.45) is 1.76. The summed E-state index contributed by atoms with van der Waals surface area (Å²) in [6.45, 7) is 4.31. The number of nitrogens with zero attached hydrogens (tertiary/aromatic N) is 2. The highest BCUT2D eigenvalue weighted by Crippen LogP contribution is 2.29. The standard InChI is InChI=1S/C19H17ClN2O3S/c1-4-10-22-13-9-8-12(20)11-16(13)26-19(22)21-18(23)17-14(24-2)6-5-7-15(17)25-3/h4-9,11H,1,10H2,2-3H3. The van der Waals surface area contributed by atoms with E-state index in [0.717, 1.165) is 10.2 Å². The minimum absolute atomic E-state index is 0.290. The van der Waals surface area contributed by atoms with Crippen molar-refractivity contribution in [3.63, 3.8) is 0 Å². The molecular weight excluding hydrogens is 372 g/mol. The van der Waals surface area contributed by atoms with Crippen LogP contribution in [0.3, 0.4) is 0 Å². The molecule has 7 heteroatoms. The van der Waals surface area contributed by atoms with Gasteiger partial charge in [-0.25, -0.2) is 0 Å². The molecule has 0 fully saturated rings. The molecule has 0 atom stereocenters. The van der Waals surface area contributed by atoms with E-state index in [2.05, 4.69) is 11.6 Å². The molecule has 0 aliphatic heterocycles. The third-order valence-electron chi connectivity index (χ3n) is 3.80. The topological polar surface area (TPSA) is 52.8 Å². The van der Waals surface area contributed by atoms with E-state index >= 15 is 0 Å². The van der Waals surface area contributed by atoms with Gasteiger partial charge in [0.1, 0.15) is 17.1 Å². The monoisotopic (exact) mass is 388 g/mol. The summed E-state index contributed by atoms with van der Waals surface area (Å²) < 4.78 is 13.5. The number of carbonyl (C=O) groups excluding carboxylic acids is 1. The Hall–Kier alpha value is -2.57. The van der Waals surface area contributed by atoms with Crippen LogP contribution in [-0.2, 0) is 6.54 Å². The predicted octanol–water partition coefficient (Wildman–Crippen LogP) is 4.30. The highest BCUT2D eigenvalue weighted by Gasteiger charge is 2.18. The number of rotatable bonds is 5. The molecule has 1 heterocycles. The van der Waals surface area contributed by atoms with Gasteiger partial charge in [0.25, 0.3) is 5.91 Å². The Labute approximate surface area is 159 Å². The van der Waals surface area contributed by atoms with Crippen molar-refractivity contribution < 1.29 is 14.3 Å². The molecule has 0 radical (unpaired) electrons. The van der Waals surface area contributed by atoms with Crippen LogP contribution in [0.4, 0.5) is 0 Å². The van der Waals surface area contributed by atoms with Gasteiger partial charge < -0.3 is 14.0 Å². The molecule has 134 valence electrons. The largest absolute Gasteiger partial charge is 0.496 e. The highest BCUT2D eigenvalue weighted by molar-refractivity contribution is 7.16. The maximum absolute atomic E-state index is 12.9. The summed E-state index contributed by atoms with van der Waals surface area (Å²) in [5.74, 6) is 0.393. The average molecular weight is 389 g/mol. The predicted molar refractivity (Wildman–Crippen MR) is 104 cm³/mol. The summed E-state index contributed by atoms with van der Waals surface area (Å²) in [4.78, 5) is 17.8. The lowest BCUT2D eigenvalue weighted by molar-refractivity contribution is 0.0992. The first-order valence-corrected chi connectivity index (χ1v) is 8.98. The molecule has 0 spiro atoms. The molecule has 0 saturated carbocycles. The van der Waals surface area contributed by atoms with E-state index in [9.17, 15) is 4.79 Å². The molecule has 0 saturated heterocycles. The lowest BCUT2D eigenvalue weighted by Crippen LogP contribution is -2.16. The van der Waals surface area contributed by atoms with Crippen molar-refractivity contribution in [2.75, 3.05) is 14.2 Å². The number of benzene rings is 2. The van der Waals surface area contributed by atoms with Gasteiger partial charge in [0, 0.05) is 11.6 Å². The Morgan fingerprint density at radius 3 is 2.58 bits per heavy atom. The summed E-state index contributed by atoms with van der Waals surface area (Å²) in [6, 6.07) is 10.7. The molecule has 0 bridgehead atoms. The van der Waals surface area contributed by atoms with Crippen molar-refractivity contribution in [3.05, 3.63) is 64.4 Å². The number of hydrogen-bond donors (Lipinski definition) is 0. The van der Waals surface area contributed by atoms with Gasteiger partial charge in [-0.15, -0.1) is 6.58 Å². The van der Waals surface area contributed by atoms with Gasteiger partial charge in [-0.1, -0.05) is 35.1 Å². The number of methoxy groups -OCH3 is 2. The van der Waals surface area contributed by atoms with Crippen LogP contribution < -0.4 is 14.3 Å². The molecule has 1 amide bonds. The Balaban J connectivity index is 2.20. The molecular formula is C19H17ClN2O3S. The van der Waals surface area contributed by atoms with E-state index in [1.165, 1.54) is 25.6 Å². The first-order chi connectivity index (χ1) is 12.6. The third kappa shape index (κ3) is 3.38. The highest BCUT2D eigenvalue weighted by atomic mass is 35.5. The molecule has 0 unspecified atom stereocenters. The maximum atomic E-state index is 12.9. The Morgan fingerprint density at radius 2 is 1.96 bits per heavy atom.